The third-order valence-corrected chi connectivity index (χ3v) is 5.63. The van der Waals surface area contributed by atoms with E-state index in [0.29, 0.717) is 16.8 Å². The maximum Gasteiger partial charge on any atom is 0.267 e. The van der Waals surface area contributed by atoms with Crippen LogP contribution >= 0.6 is 0 Å². The van der Waals surface area contributed by atoms with E-state index in [9.17, 15) is 9.59 Å². The predicted octanol–water partition coefficient (Wildman–Crippen LogP) is 5.47. The van der Waals surface area contributed by atoms with Crippen molar-refractivity contribution >= 4 is 28.1 Å². The Labute approximate surface area is 179 Å². The number of Topliss-reactive ketones (excluding diaryl/α,β-unsaturated/α-hetero) is 2. The van der Waals surface area contributed by atoms with Gasteiger partial charge in [-0.1, -0.05) is 108 Å². The molecule has 0 radical (unpaired) electrons. The van der Waals surface area contributed by atoms with Crippen LogP contribution in [0.1, 0.15) is 32.7 Å². The van der Waals surface area contributed by atoms with E-state index in [1.54, 1.807) is 48.5 Å². The molecule has 31 heavy (non-hydrogen) atoms. The van der Waals surface area contributed by atoms with Crippen molar-refractivity contribution < 1.29 is 14.4 Å². The Bertz CT molecular complexity index is 1250. The van der Waals surface area contributed by atoms with Crippen molar-refractivity contribution in [2.75, 3.05) is 0 Å². The van der Waals surface area contributed by atoms with Crippen LogP contribution < -0.4 is 0 Å². The molecule has 0 bridgehead atoms. The highest BCUT2D eigenvalue weighted by atomic mass is 16.7. The van der Waals surface area contributed by atoms with Crippen LogP contribution in [0.4, 0.5) is 0 Å². The second-order valence-electron chi connectivity index (χ2n) is 7.55. The summed E-state index contributed by atoms with van der Waals surface area (Å²) >= 11 is 0. The molecular formula is C27H19NO3. The molecule has 150 valence electrons. The second-order valence-corrected chi connectivity index (χ2v) is 7.55. The number of nitrogens with zero attached hydrogens (tertiary/aromatic N) is 1. The first-order chi connectivity index (χ1) is 15.2. The van der Waals surface area contributed by atoms with Crippen molar-refractivity contribution in [1.82, 2.24) is 0 Å². The van der Waals surface area contributed by atoms with Crippen LogP contribution in [0.2, 0.25) is 0 Å². The molecule has 4 aromatic carbocycles. The number of carbonyl (C=O) groups excluding carboxylic acids is 2. The quantitative estimate of drug-likeness (QED) is 0.327. The predicted molar refractivity (Wildman–Crippen MR) is 120 cm³/mol. The zero-order valence-corrected chi connectivity index (χ0v) is 16.7. The maximum atomic E-state index is 13.6. The van der Waals surface area contributed by atoms with Crippen molar-refractivity contribution in [3.63, 3.8) is 0 Å². The number of carbonyl (C=O) groups is 2. The Balaban J connectivity index is 1.60. The number of oxime groups is 1. The number of fused-ring (bicyclic) bond motifs is 1. The first-order valence-electron chi connectivity index (χ1n) is 10.1. The van der Waals surface area contributed by atoms with Gasteiger partial charge in [-0.05, 0) is 10.8 Å². The van der Waals surface area contributed by atoms with Gasteiger partial charge in [-0.15, -0.1) is 0 Å². The van der Waals surface area contributed by atoms with Crippen LogP contribution in [0.25, 0.3) is 10.8 Å². The second kappa shape index (κ2) is 7.65. The van der Waals surface area contributed by atoms with E-state index in [1.807, 2.05) is 54.6 Å². The number of benzene rings is 4. The average Bonchev–Trinajstić information content (AvgIpc) is 3.30. The van der Waals surface area contributed by atoms with Gasteiger partial charge >= 0.3 is 0 Å². The first-order valence-corrected chi connectivity index (χ1v) is 10.1. The standard InChI is InChI=1S/C27H19NO3/c29-25(20-11-3-1-4-12-20)27(26(30)21-13-5-2-6-14-21)18-24(28-31-27)23-17-9-15-19-10-7-8-16-22(19)23/h1-17H,18H2. The van der Waals surface area contributed by atoms with Crippen LogP contribution in [0.3, 0.4) is 0 Å². The lowest BCUT2D eigenvalue weighted by molar-refractivity contribution is 0.00336. The van der Waals surface area contributed by atoms with Gasteiger partial charge in [-0.2, -0.15) is 0 Å². The molecule has 0 N–H and O–H groups in total. The van der Waals surface area contributed by atoms with Crippen molar-refractivity contribution in [1.29, 1.82) is 0 Å². The lowest BCUT2D eigenvalue weighted by atomic mass is 9.80. The largest absolute Gasteiger partial charge is 0.372 e. The molecule has 4 heteroatoms. The minimum absolute atomic E-state index is 0.0719. The van der Waals surface area contributed by atoms with Crippen molar-refractivity contribution in [2.45, 2.75) is 12.0 Å². The summed E-state index contributed by atoms with van der Waals surface area (Å²) in [4.78, 5) is 33.0. The van der Waals surface area contributed by atoms with Gasteiger partial charge < -0.3 is 4.84 Å². The van der Waals surface area contributed by atoms with E-state index in [1.165, 1.54) is 0 Å². The van der Waals surface area contributed by atoms with Crippen LogP contribution in [0.5, 0.6) is 0 Å². The normalized spacial score (nSPS) is 14.6. The zero-order chi connectivity index (χ0) is 21.3. The zero-order valence-electron chi connectivity index (χ0n) is 16.7. The highest BCUT2D eigenvalue weighted by molar-refractivity contribution is 6.27. The molecule has 4 nitrogen and oxygen atoms in total. The van der Waals surface area contributed by atoms with Gasteiger partial charge in [0.25, 0.3) is 5.60 Å². The summed E-state index contributed by atoms with van der Waals surface area (Å²) in [6.45, 7) is 0. The first kappa shape index (κ1) is 18.9. The molecule has 0 aliphatic carbocycles. The lowest BCUT2D eigenvalue weighted by Gasteiger charge is -2.24. The fourth-order valence-corrected chi connectivity index (χ4v) is 4.05. The maximum absolute atomic E-state index is 13.6. The molecule has 0 saturated carbocycles. The van der Waals surface area contributed by atoms with Gasteiger partial charge in [0.1, 0.15) is 0 Å². The van der Waals surface area contributed by atoms with Crippen molar-refractivity contribution in [2.24, 2.45) is 5.16 Å². The van der Waals surface area contributed by atoms with E-state index in [2.05, 4.69) is 5.16 Å². The smallest absolute Gasteiger partial charge is 0.267 e. The lowest BCUT2D eigenvalue weighted by Crippen LogP contribution is -2.47. The summed E-state index contributed by atoms with van der Waals surface area (Å²) in [6.07, 6.45) is 0.0719. The minimum atomic E-state index is -1.73. The number of hydrogen-bond acceptors (Lipinski definition) is 4. The van der Waals surface area contributed by atoms with Crippen LogP contribution in [-0.2, 0) is 4.84 Å². The molecule has 4 aromatic rings. The van der Waals surface area contributed by atoms with Crippen LogP contribution in [0, 0.1) is 0 Å². The van der Waals surface area contributed by atoms with Crippen molar-refractivity contribution in [3.8, 4) is 0 Å². The van der Waals surface area contributed by atoms with Gasteiger partial charge in [-0.3, -0.25) is 9.59 Å². The Kier molecular flexibility index (Phi) is 4.68. The molecular weight excluding hydrogens is 386 g/mol. The van der Waals surface area contributed by atoms with Gasteiger partial charge in [0, 0.05) is 16.7 Å². The summed E-state index contributed by atoms with van der Waals surface area (Å²) in [7, 11) is 0. The highest BCUT2D eigenvalue weighted by Gasteiger charge is 2.53. The third kappa shape index (κ3) is 3.22. The van der Waals surface area contributed by atoms with E-state index in [4.69, 9.17) is 4.84 Å². The topological polar surface area (TPSA) is 55.7 Å². The molecule has 0 atom stereocenters. The minimum Gasteiger partial charge on any atom is -0.372 e. The summed E-state index contributed by atoms with van der Waals surface area (Å²) < 4.78 is 0. The van der Waals surface area contributed by atoms with Crippen molar-refractivity contribution in [3.05, 3.63) is 120 Å². The molecule has 0 fully saturated rings. The fourth-order valence-electron chi connectivity index (χ4n) is 4.05. The average molecular weight is 405 g/mol. The van der Waals surface area contributed by atoms with Gasteiger partial charge in [-0.25, -0.2) is 0 Å². The van der Waals surface area contributed by atoms with E-state index >= 15 is 0 Å². The molecule has 0 saturated heterocycles. The van der Waals surface area contributed by atoms with Gasteiger partial charge in [0.05, 0.1) is 12.1 Å². The SMILES string of the molecule is O=C(c1ccccc1)C1(C(=O)c2ccccc2)CC(c2cccc3ccccc23)=NO1. The van der Waals surface area contributed by atoms with E-state index in [-0.39, 0.29) is 18.0 Å². The Morgan fingerprint density at radius 3 is 1.87 bits per heavy atom. The third-order valence-electron chi connectivity index (χ3n) is 5.63. The molecule has 1 aliphatic rings. The Morgan fingerprint density at radius 1 is 0.677 bits per heavy atom. The summed E-state index contributed by atoms with van der Waals surface area (Å²) in [6, 6.07) is 31.4. The molecule has 0 amide bonds. The number of hydrogen-bond donors (Lipinski definition) is 0. The molecule has 1 aliphatic heterocycles. The van der Waals surface area contributed by atoms with Crippen LogP contribution in [0.15, 0.2) is 108 Å². The monoisotopic (exact) mass is 405 g/mol. The Morgan fingerprint density at radius 2 is 1.23 bits per heavy atom. The Hall–Kier alpha value is -4.05. The highest BCUT2D eigenvalue weighted by Crippen LogP contribution is 2.35. The summed E-state index contributed by atoms with van der Waals surface area (Å²) in [5.74, 6) is -0.776. The van der Waals surface area contributed by atoms with Gasteiger partial charge in [0.15, 0.2) is 0 Å². The van der Waals surface area contributed by atoms with Crippen LogP contribution in [-0.4, -0.2) is 22.9 Å². The summed E-state index contributed by atoms with van der Waals surface area (Å²) in [5.41, 5.74) is 0.559. The van der Waals surface area contributed by atoms with E-state index < -0.39 is 5.60 Å². The molecule has 0 spiro atoms. The summed E-state index contributed by atoms with van der Waals surface area (Å²) in [5, 5.41) is 6.34. The molecule has 0 aromatic heterocycles. The number of rotatable bonds is 5. The van der Waals surface area contributed by atoms with Gasteiger partial charge in [0.2, 0.25) is 11.6 Å². The number of ketones is 2. The molecule has 0 unspecified atom stereocenters. The molecule has 1 heterocycles. The fraction of sp³-hybridized carbons (Fsp3) is 0.0741. The van der Waals surface area contributed by atoms with E-state index in [0.717, 1.165) is 16.3 Å². The molecule has 5 rings (SSSR count).